The summed E-state index contributed by atoms with van der Waals surface area (Å²) in [7, 11) is 0. The van der Waals surface area contributed by atoms with E-state index in [1.165, 1.54) is 6.92 Å². The highest BCUT2D eigenvalue weighted by Crippen LogP contribution is 2.14. The molecule has 0 spiro atoms. The van der Waals surface area contributed by atoms with Gasteiger partial charge in [-0.25, -0.2) is 0 Å². The molecule has 2 amide bonds. The predicted octanol–water partition coefficient (Wildman–Crippen LogP) is 1.20. The third kappa shape index (κ3) is 4.44. The van der Waals surface area contributed by atoms with Crippen LogP contribution < -0.4 is 10.6 Å². The average Bonchev–Trinajstić information content (AvgIpc) is 2.25. The highest BCUT2D eigenvalue weighted by atomic mass is 79.9. The van der Waals surface area contributed by atoms with Gasteiger partial charge in [-0.2, -0.15) is 0 Å². The van der Waals surface area contributed by atoms with E-state index >= 15 is 0 Å². The van der Waals surface area contributed by atoms with E-state index < -0.39 is 0 Å². The Kier molecular flexibility index (Phi) is 4.98. The fourth-order valence-electron chi connectivity index (χ4n) is 1.10. The van der Waals surface area contributed by atoms with Crippen LogP contribution in [0.15, 0.2) is 28.7 Å². The summed E-state index contributed by atoms with van der Waals surface area (Å²) in [6.07, 6.45) is 0. The maximum Gasteiger partial charge on any atom is 0.239 e. The van der Waals surface area contributed by atoms with Crippen LogP contribution in [0.5, 0.6) is 0 Å². The first kappa shape index (κ1) is 12.7. The van der Waals surface area contributed by atoms with Gasteiger partial charge >= 0.3 is 0 Å². The van der Waals surface area contributed by atoms with Gasteiger partial charge in [0.2, 0.25) is 11.8 Å². The first-order valence-electron chi connectivity index (χ1n) is 4.84. The van der Waals surface area contributed by atoms with Gasteiger partial charge in [0.15, 0.2) is 0 Å². The molecular weight excluding hydrogens is 272 g/mol. The lowest BCUT2D eigenvalue weighted by molar-refractivity contribution is -0.125. The molecule has 1 aromatic rings. The summed E-state index contributed by atoms with van der Waals surface area (Å²) in [6.45, 7) is 1.83. The van der Waals surface area contributed by atoms with Crippen LogP contribution in [0, 0.1) is 0 Å². The molecule has 0 unspecified atom stereocenters. The highest BCUT2D eigenvalue weighted by Gasteiger charge is 2.03. The number of carbonyl (C=O) groups excluding carboxylic acids is 2. The summed E-state index contributed by atoms with van der Waals surface area (Å²) in [4.78, 5) is 21.9. The molecule has 0 heterocycles. The molecule has 5 heteroatoms. The Balaban J connectivity index is 2.37. The maximum atomic E-state index is 11.3. The van der Waals surface area contributed by atoms with Crippen molar-refractivity contribution in [3.63, 3.8) is 0 Å². The molecule has 2 N–H and O–H groups in total. The van der Waals surface area contributed by atoms with Crippen molar-refractivity contribution < 1.29 is 9.59 Å². The lowest BCUT2D eigenvalue weighted by Crippen LogP contribution is -2.35. The third-order valence-electron chi connectivity index (χ3n) is 1.93. The van der Waals surface area contributed by atoms with Crippen LogP contribution in [0.4, 0.5) is 0 Å². The fraction of sp³-hybridized carbons (Fsp3) is 0.273. The first-order chi connectivity index (χ1) is 7.59. The van der Waals surface area contributed by atoms with E-state index in [2.05, 4.69) is 26.6 Å². The molecule has 0 aliphatic rings. The molecule has 0 aliphatic heterocycles. The van der Waals surface area contributed by atoms with Crippen molar-refractivity contribution in [3.05, 3.63) is 34.3 Å². The Hall–Kier alpha value is -1.36. The van der Waals surface area contributed by atoms with E-state index in [1.54, 1.807) is 0 Å². The quantitative estimate of drug-likeness (QED) is 0.873. The van der Waals surface area contributed by atoms with Gasteiger partial charge in [0.1, 0.15) is 0 Å². The predicted molar refractivity (Wildman–Crippen MR) is 64.7 cm³/mol. The van der Waals surface area contributed by atoms with E-state index in [9.17, 15) is 9.59 Å². The van der Waals surface area contributed by atoms with Crippen LogP contribution in [0.25, 0.3) is 0 Å². The van der Waals surface area contributed by atoms with Crippen LogP contribution in [0.3, 0.4) is 0 Å². The molecule has 1 aromatic carbocycles. The minimum Gasteiger partial charge on any atom is -0.350 e. The normalized spacial score (nSPS) is 9.62. The number of rotatable bonds is 4. The number of nitrogens with one attached hydrogen (secondary N) is 2. The van der Waals surface area contributed by atoms with Crippen LogP contribution in [0.1, 0.15) is 12.5 Å². The zero-order valence-corrected chi connectivity index (χ0v) is 10.5. The summed E-state index contributed by atoms with van der Waals surface area (Å²) >= 11 is 3.39. The molecule has 0 radical (unpaired) electrons. The molecule has 0 aliphatic carbocycles. The Morgan fingerprint density at radius 3 is 2.56 bits per heavy atom. The van der Waals surface area contributed by atoms with Gasteiger partial charge in [0.05, 0.1) is 6.54 Å². The standard InChI is InChI=1S/C11H13BrN2O2/c1-8(15)13-7-11(16)14-6-9-4-2-3-5-10(9)12/h2-5H,6-7H2,1H3,(H,13,15)(H,14,16). The van der Waals surface area contributed by atoms with Gasteiger partial charge in [-0.1, -0.05) is 34.1 Å². The van der Waals surface area contributed by atoms with Crippen molar-refractivity contribution in [1.29, 1.82) is 0 Å². The average molecular weight is 285 g/mol. The molecule has 0 atom stereocenters. The highest BCUT2D eigenvalue weighted by molar-refractivity contribution is 9.10. The molecule has 16 heavy (non-hydrogen) atoms. The smallest absolute Gasteiger partial charge is 0.239 e. The zero-order valence-electron chi connectivity index (χ0n) is 8.92. The second kappa shape index (κ2) is 6.27. The number of halogens is 1. The maximum absolute atomic E-state index is 11.3. The minimum absolute atomic E-state index is 0.0137. The van der Waals surface area contributed by atoms with Gasteiger partial charge in [0, 0.05) is 17.9 Å². The number of carbonyl (C=O) groups is 2. The van der Waals surface area contributed by atoms with Gasteiger partial charge in [-0.15, -0.1) is 0 Å². The lowest BCUT2D eigenvalue weighted by Gasteiger charge is -2.07. The van der Waals surface area contributed by atoms with Gasteiger partial charge in [0.25, 0.3) is 0 Å². The van der Waals surface area contributed by atoms with Crippen molar-refractivity contribution in [2.45, 2.75) is 13.5 Å². The molecule has 0 saturated heterocycles. The Labute approximate surface area is 103 Å². The van der Waals surface area contributed by atoms with Crippen molar-refractivity contribution in [1.82, 2.24) is 10.6 Å². The molecule has 86 valence electrons. The van der Waals surface area contributed by atoms with E-state index in [0.717, 1.165) is 10.0 Å². The summed E-state index contributed by atoms with van der Waals surface area (Å²) in [5.74, 6) is -0.415. The second-order valence-electron chi connectivity index (χ2n) is 3.28. The largest absolute Gasteiger partial charge is 0.350 e. The lowest BCUT2D eigenvalue weighted by atomic mass is 10.2. The monoisotopic (exact) mass is 284 g/mol. The van der Waals surface area contributed by atoms with E-state index in [-0.39, 0.29) is 18.4 Å². The van der Waals surface area contributed by atoms with Crippen molar-refractivity contribution in [2.75, 3.05) is 6.54 Å². The number of hydrogen-bond donors (Lipinski definition) is 2. The SMILES string of the molecule is CC(=O)NCC(=O)NCc1ccccc1Br. The van der Waals surface area contributed by atoms with Crippen LogP contribution in [0.2, 0.25) is 0 Å². The van der Waals surface area contributed by atoms with Crippen molar-refractivity contribution in [3.8, 4) is 0 Å². The number of benzene rings is 1. The third-order valence-corrected chi connectivity index (χ3v) is 2.71. The van der Waals surface area contributed by atoms with Gasteiger partial charge < -0.3 is 10.6 Å². The zero-order chi connectivity index (χ0) is 12.0. The Morgan fingerprint density at radius 2 is 1.94 bits per heavy atom. The summed E-state index contributed by atoms with van der Waals surface area (Å²) in [5.41, 5.74) is 0.999. The van der Waals surface area contributed by atoms with Crippen molar-refractivity contribution >= 4 is 27.7 Å². The van der Waals surface area contributed by atoms with Crippen LogP contribution >= 0.6 is 15.9 Å². The summed E-state index contributed by atoms with van der Waals surface area (Å²) in [5, 5.41) is 5.14. The number of amides is 2. The first-order valence-corrected chi connectivity index (χ1v) is 5.63. The summed E-state index contributed by atoms with van der Waals surface area (Å²) < 4.78 is 0.954. The molecule has 0 saturated carbocycles. The molecule has 0 fully saturated rings. The minimum atomic E-state index is -0.212. The van der Waals surface area contributed by atoms with Crippen LogP contribution in [-0.4, -0.2) is 18.4 Å². The summed E-state index contributed by atoms with van der Waals surface area (Å²) in [6, 6.07) is 7.64. The molecule has 1 rings (SSSR count). The van der Waals surface area contributed by atoms with E-state index in [4.69, 9.17) is 0 Å². The van der Waals surface area contributed by atoms with Crippen LogP contribution in [-0.2, 0) is 16.1 Å². The Bertz CT molecular complexity index is 393. The van der Waals surface area contributed by atoms with Gasteiger partial charge in [-0.05, 0) is 11.6 Å². The molecular formula is C11H13BrN2O2. The van der Waals surface area contributed by atoms with Crippen molar-refractivity contribution in [2.24, 2.45) is 0 Å². The number of hydrogen-bond acceptors (Lipinski definition) is 2. The topological polar surface area (TPSA) is 58.2 Å². The Morgan fingerprint density at radius 1 is 1.25 bits per heavy atom. The fourth-order valence-corrected chi connectivity index (χ4v) is 1.53. The van der Waals surface area contributed by atoms with E-state index in [0.29, 0.717) is 6.54 Å². The second-order valence-corrected chi connectivity index (χ2v) is 4.13. The molecule has 0 aromatic heterocycles. The van der Waals surface area contributed by atoms with Gasteiger partial charge in [-0.3, -0.25) is 9.59 Å². The molecule has 4 nitrogen and oxygen atoms in total. The molecule has 0 bridgehead atoms. The van der Waals surface area contributed by atoms with E-state index in [1.807, 2.05) is 24.3 Å².